The highest BCUT2D eigenvalue weighted by atomic mass is 35.5. The van der Waals surface area contributed by atoms with Crippen LogP contribution >= 0.6 is 11.6 Å². The monoisotopic (exact) mass is 268 g/mol. The zero-order valence-electron chi connectivity index (χ0n) is 10.4. The van der Waals surface area contributed by atoms with Gasteiger partial charge < -0.3 is 9.64 Å². The van der Waals surface area contributed by atoms with Crippen molar-refractivity contribution >= 4 is 17.5 Å². The van der Waals surface area contributed by atoms with Crippen LogP contribution in [0.2, 0.25) is 5.02 Å². The second-order valence-corrected chi connectivity index (χ2v) is 5.04. The number of nitrogens with zero attached hydrogens (tertiary/aromatic N) is 2. The summed E-state index contributed by atoms with van der Waals surface area (Å²) in [6, 6.07) is 3.27. The molecular weight excluding hydrogens is 252 g/mol. The van der Waals surface area contributed by atoms with Crippen molar-refractivity contribution in [3.8, 4) is 0 Å². The van der Waals surface area contributed by atoms with Gasteiger partial charge in [-0.3, -0.25) is 9.78 Å². The van der Waals surface area contributed by atoms with Crippen LogP contribution in [-0.2, 0) is 4.74 Å². The van der Waals surface area contributed by atoms with Crippen molar-refractivity contribution in [2.24, 2.45) is 5.92 Å². The third-order valence-corrected chi connectivity index (χ3v) is 3.40. The lowest BCUT2D eigenvalue weighted by atomic mass is 10.00. The van der Waals surface area contributed by atoms with Gasteiger partial charge in [0.1, 0.15) is 5.69 Å². The first kappa shape index (κ1) is 13.3. The molecule has 0 bridgehead atoms. The van der Waals surface area contributed by atoms with Crippen molar-refractivity contribution < 1.29 is 9.53 Å². The summed E-state index contributed by atoms with van der Waals surface area (Å²) in [5.41, 5.74) is 0.400. The second kappa shape index (κ2) is 6.16. The van der Waals surface area contributed by atoms with Gasteiger partial charge in [-0.2, -0.15) is 0 Å². The number of carbonyl (C=O) groups is 1. The van der Waals surface area contributed by atoms with Crippen LogP contribution in [0.25, 0.3) is 0 Å². The molecule has 0 N–H and O–H groups in total. The van der Waals surface area contributed by atoms with Crippen LogP contribution in [0.15, 0.2) is 18.3 Å². The Hall–Kier alpha value is -1.13. The number of aromatic nitrogens is 1. The van der Waals surface area contributed by atoms with Crippen LogP contribution in [0.1, 0.15) is 23.3 Å². The highest BCUT2D eigenvalue weighted by Crippen LogP contribution is 2.17. The van der Waals surface area contributed by atoms with E-state index in [9.17, 15) is 4.79 Å². The van der Waals surface area contributed by atoms with Crippen molar-refractivity contribution in [3.05, 3.63) is 29.0 Å². The Morgan fingerprint density at radius 3 is 2.94 bits per heavy atom. The molecule has 1 aliphatic heterocycles. The van der Waals surface area contributed by atoms with Crippen LogP contribution < -0.4 is 0 Å². The molecule has 1 fully saturated rings. The van der Waals surface area contributed by atoms with Crippen molar-refractivity contribution in [1.82, 2.24) is 9.88 Å². The minimum absolute atomic E-state index is 0.0796. The fourth-order valence-corrected chi connectivity index (χ4v) is 2.28. The van der Waals surface area contributed by atoms with E-state index in [-0.39, 0.29) is 5.91 Å². The average Bonchev–Trinajstić information content (AvgIpc) is 2.39. The molecule has 2 heterocycles. The molecule has 18 heavy (non-hydrogen) atoms. The Morgan fingerprint density at radius 2 is 2.28 bits per heavy atom. The normalized spacial score (nSPS) is 16.6. The lowest BCUT2D eigenvalue weighted by Gasteiger charge is -2.27. The Labute approximate surface area is 112 Å². The maximum absolute atomic E-state index is 12.1. The predicted molar refractivity (Wildman–Crippen MR) is 69.8 cm³/mol. The fourth-order valence-electron chi connectivity index (χ4n) is 2.12. The van der Waals surface area contributed by atoms with E-state index in [4.69, 9.17) is 16.3 Å². The number of carbonyl (C=O) groups excluding carboxylic acids is 1. The standard InChI is InChI=1S/C13H17ClN2O2/c1-16(9-10-3-6-18-7-4-10)13(17)12-8-11(14)2-5-15-12/h2,5,8,10H,3-4,6-7,9H2,1H3. The smallest absolute Gasteiger partial charge is 0.272 e. The van der Waals surface area contributed by atoms with Crippen LogP contribution in [-0.4, -0.2) is 42.6 Å². The SMILES string of the molecule is CN(CC1CCOCC1)C(=O)c1cc(Cl)ccn1. The molecule has 98 valence electrons. The molecule has 0 unspecified atom stereocenters. The number of pyridine rings is 1. The van der Waals surface area contributed by atoms with Gasteiger partial charge in [-0.05, 0) is 30.9 Å². The number of halogens is 1. The van der Waals surface area contributed by atoms with Gasteiger partial charge in [-0.15, -0.1) is 0 Å². The molecule has 1 aliphatic rings. The van der Waals surface area contributed by atoms with Gasteiger partial charge in [0.15, 0.2) is 0 Å². The lowest BCUT2D eigenvalue weighted by Crippen LogP contribution is -2.34. The van der Waals surface area contributed by atoms with Crippen LogP contribution in [0.3, 0.4) is 0 Å². The quantitative estimate of drug-likeness (QED) is 0.844. The van der Waals surface area contributed by atoms with E-state index in [1.165, 1.54) is 0 Å². The van der Waals surface area contributed by atoms with Crippen molar-refractivity contribution in [1.29, 1.82) is 0 Å². The molecule has 0 saturated carbocycles. The highest BCUT2D eigenvalue weighted by Gasteiger charge is 2.20. The summed E-state index contributed by atoms with van der Waals surface area (Å²) in [5, 5.41) is 0.535. The van der Waals surface area contributed by atoms with E-state index in [0.29, 0.717) is 16.6 Å². The van der Waals surface area contributed by atoms with E-state index < -0.39 is 0 Å². The van der Waals surface area contributed by atoms with E-state index in [1.807, 2.05) is 0 Å². The largest absolute Gasteiger partial charge is 0.381 e. The van der Waals surface area contributed by atoms with Gasteiger partial charge in [0.25, 0.3) is 5.91 Å². The maximum Gasteiger partial charge on any atom is 0.272 e. The molecule has 4 nitrogen and oxygen atoms in total. The molecule has 5 heteroatoms. The second-order valence-electron chi connectivity index (χ2n) is 4.60. The Kier molecular flexibility index (Phi) is 4.55. The van der Waals surface area contributed by atoms with Crippen molar-refractivity contribution in [3.63, 3.8) is 0 Å². The Bertz CT molecular complexity index is 419. The molecule has 0 spiro atoms. The molecule has 0 aromatic carbocycles. The van der Waals surface area contributed by atoms with E-state index in [0.717, 1.165) is 32.6 Å². The molecular formula is C13H17ClN2O2. The zero-order chi connectivity index (χ0) is 13.0. The number of hydrogen-bond donors (Lipinski definition) is 0. The number of amides is 1. The fraction of sp³-hybridized carbons (Fsp3) is 0.538. The Balaban J connectivity index is 1.95. The van der Waals surface area contributed by atoms with E-state index in [2.05, 4.69) is 4.98 Å². The molecule has 1 amide bonds. The third kappa shape index (κ3) is 3.43. The van der Waals surface area contributed by atoms with Crippen molar-refractivity contribution in [2.75, 3.05) is 26.8 Å². The zero-order valence-corrected chi connectivity index (χ0v) is 11.2. The summed E-state index contributed by atoms with van der Waals surface area (Å²) in [6.07, 6.45) is 3.58. The Morgan fingerprint density at radius 1 is 1.56 bits per heavy atom. The lowest BCUT2D eigenvalue weighted by molar-refractivity contribution is 0.0495. The van der Waals surface area contributed by atoms with Gasteiger partial charge >= 0.3 is 0 Å². The predicted octanol–water partition coefficient (Wildman–Crippen LogP) is 2.23. The molecule has 0 radical (unpaired) electrons. The summed E-state index contributed by atoms with van der Waals surface area (Å²) in [5.74, 6) is 0.441. The third-order valence-electron chi connectivity index (χ3n) is 3.16. The van der Waals surface area contributed by atoms with Crippen LogP contribution in [0.4, 0.5) is 0 Å². The molecule has 1 saturated heterocycles. The number of rotatable bonds is 3. The molecule has 0 aliphatic carbocycles. The topological polar surface area (TPSA) is 42.4 Å². The van der Waals surface area contributed by atoms with E-state index in [1.54, 1.807) is 30.3 Å². The summed E-state index contributed by atoms with van der Waals surface area (Å²) in [7, 11) is 1.81. The summed E-state index contributed by atoms with van der Waals surface area (Å²) in [6.45, 7) is 2.33. The van der Waals surface area contributed by atoms with E-state index >= 15 is 0 Å². The molecule has 1 aromatic rings. The van der Waals surface area contributed by atoms with Gasteiger partial charge in [0, 0.05) is 38.0 Å². The summed E-state index contributed by atoms with van der Waals surface area (Å²) < 4.78 is 5.31. The van der Waals surface area contributed by atoms with Crippen molar-refractivity contribution in [2.45, 2.75) is 12.8 Å². The highest BCUT2D eigenvalue weighted by molar-refractivity contribution is 6.30. The van der Waals surface area contributed by atoms with Gasteiger partial charge in [0.05, 0.1) is 0 Å². The summed E-state index contributed by atoms with van der Waals surface area (Å²) >= 11 is 5.86. The minimum atomic E-state index is -0.0796. The number of ether oxygens (including phenoxy) is 1. The summed E-state index contributed by atoms with van der Waals surface area (Å²) in [4.78, 5) is 17.9. The van der Waals surface area contributed by atoms with Gasteiger partial charge in [-0.25, -0.2) is 0 Å². The number of hydrogen-bond acceptors (Lipinski definition) is 3. The molecule has 0 atom stereocenters. The van der Waals surface area contributed by atoms with Crippen LogP contribution in [0.5, 0.6) is 0 Å². The van der Waals surface area contributed by atoms with Crippen LogP contribution in [0, 0.1) is 5.92 Å². The minimum Gasteiger partial charge on any atom is -0.381 e. The molecule has 1 aromatic heterocycles. The first-order valence-electron chi connectivity index (χ1n) is 6.11. The first-order chi connectivity index (χ1) is 8.66. The first-order valence-corrected chi connectivity index (χ1v) is 6.49. The van der Waals surface area contributed by atoms with Gasteiger partial charge in [0.2, 0.25) is 0 Å². The average molecular weight is 269 g/mol. The van der Waals surface area contributed by atoms with Gasteiger partial charge in [-0.1, -0.05) is 11.6 Å². The molecule has 2 rings (SSSR count). The maximum atomic E-state index is 12.1.